The molecule has 1 aliphatic rings. The van der Waals surface area contributed by atoms with E-state index in [1.165, 1.54) is 27.0 Å². The molecule has 0 fully saturated rings. The molecule has 0 bridgehead atoms. The Kier molecular flexibility index (Phi) is 11.4. The van der Waals surface area contributed by atoms with Crippen LogP contribution in [0.2, 0.25) is 0 Å². The molecule has 2 aromatic carbocycles. The second-order valence-corrected chi connectivity index (χ2v) is 12.1. The number of hydrogen-bond donors (Lipinski definition) is 0. The highest BCUT2D eigenvalue weighted by Crippen LogP contribution is 2.26. The standard InChI is InChI=1S/C33H41F2NO7/c1-32(2,3)43-31(39)36(6)27(20-33(4,5)35)29(37)42-28(30(38)41-21-22-10-8-7-9-11-22)19-23-12-13-25(26(34)18-23)24-14-16-40-17-15-24/h7-14,18,27-28H,15-17,19-21H2,1-6H3/t27-,28+/m0/s1. The van der Waals surface area contributed by atoms with Crippen molar-refractivity contribution in [3.63, 3.8) is 0 Å². The van der Waals surface area contributed by atoms with Crippen molar-refractivity contribution < 1.29 is 42.1 Å². The Bertz CT molecular complexity index is 1300. The summed E-state index contributed by atoms with van der Waals surface area (Å²) in [5.74, 6) is -2.38. The summed E-state index contributed by atoms with van der Waals surface area (Å²) in [6, 6.07) is 12.0. The summed E-state index contributed by atoms with van der Waals surface area (Å²) >= 11 is 0. The highest BCUT2D eigenvalue weighted by molar-refractivity contribution is 5.85. The molecule has 234 valence electrons. The van der Waals surface area contributed by atoms with Gasteiger partial charge in [0.1, 0.15) is 29.7 Å². The van der Waals surface area contributed by atoms with E-state index >= 15 is 4.39 Å². The van der Waals surface area contributed by atoms with E-state index in [1.54, 1.807) is 57.2 Å². The highest BCUT2D eigenvalue weighted by atomic mass is 19.1. The first-order valence-electron chi connectivity index (χ1n) is 14.2. The number of hydrogen-bond acceptors (Lipinski definition) is 7. The molecule has 0 aliphatic carbocycles. The van der Waals surface area contributed by atoms with Crippen LogP contribution in [0.25, 0.3) is 5.57 Å². The van der Waals surface area contributed by atoms with E-state index in [1.807, 2.05) is 12.1 Å². The Morgan fingerprint density at radius 1 is 1.00 bits per heavy atom. The predicted octanol–water partition coefficient (Wildman–Crippen LogP) is 6.20. The zero-order chi connectivity index (χ0) is 31.8. The maximum Gasteiger partial charge on any atom is 0.410 e. The highest BCUT2D eigenvalue weighted by Gasteiger charge is 2.38. The minimum absolute atomic E-state index is 0.0873. The van der Waals surface area contributed by atoms with Crippen LogP contribution in [-0.2, 0) is 41.6 Å². The molecule has 0 aromatic heterocycles. The van der Waals surface area contributed by atoms with Gasteiger partial charge in [0, 0.05) is 25.5 Å². The van der Waals surface area contributed by atoms with Gasteiger partial charge in [-0.1, -0.05) is 48.5 Å². The van der Waals surface area contributed by atoms with Crippen molar-refractivity contribution in [2.45, 2.75) is 83.9 Å². The third kappa shape index (κ3) is 10.8. The second kappa shape index (κ2) is 14.6. The van der Waals surface area contributed by atoms with Crippen molar-refractivity contribution in [3.05, 3.63) is 77.1 Å². The van der Waals surface area contributed by atoms with E-state index < -0.39 is 53.7 Å². The molecule has 0 saturated heterocycles. The van der Waals surface area contributed by atoms with E-state index in [9.17, 15) is 18.8 Å². The van der Waals surface area contributed by atoms with E-state index in [4.69, 9.17) is 18.9 Å². The quantitative estimate of drug-likeness (QED) is 0.224. The van der Waals surface area contributed by atoms with Gasteiger partial charge in [-0.2, -0.15) is 0 Å². The molecule has 0 spiro atoms. The Balaban J connectivity index is 1.86. The molecule has 1 heterocycles. The molecular formula is C33H41F2NO7. The first-order valence-corrected chi connectivity index (χ1v) is 14.2. The fourth-order valence-corrected chi connectivity index (χ4v) is 4.44. The first-order chi connectivity index (χ1) is 20.1. The molecule has 0 saturated carbocycles. The fraction of sp³-hybridized carbons (Fsp3) is 0.485. The zero-order valence-electron chi connectivity index (χ0n) is 25.7. The predicted molar refractivity (Wildman–Crippen MR) is 157 cm³/mol. The van der Waals surface area contributed by atoms with Crippen molar-refractivity contribution in [3.8, 4) is 0 Å². The van der Waals surface area contributed by atoms with Gasteiger partial charge in [-0.15, -0.1) is 0 Å². The van der Waals surface area contributed by atoms with Crippen molar-refractivity contribution in [1.82, 2.24) is 4.90 Å². The topological polar surface area (TPSA) is 91.4 Å². The molecule has 1 aliphatic heterocycles. The Morgan fingerprint density at radius 2 is 1.70 bits per heavy atom. The van der Waals surface area contributed by atoms with E-state index in [2.05, 4.69) is 0 Å². The van der Waals surface area contributed by atoms with E-state index in [0.29, 0.717) is 36.3 Å². The van der Waals surface area contributed by atoms with Gasteiger partial charge in [-0.3, -0.25) is 4.90 Å². The number of rotatable bonds is 11. The van der Waals surface area contributed by atoms with Gasteiger partial charge in [0.15, 0.2) is 0 Å². The molecule has 2 aromatic rings. The zero-order valence-corrected chi connectivity index (χ0v) is 25.7. The lowest BCUT2D eigenvalue weighted by Crippen LogP contribution is -2.49. The number of alkyl halides is 1. The molecule has 0 N–H and O–H groups in total. The van der Waals surface area contributed by atoms with Crippen LogP contribution in [0.1, 0.15) is 64.2 Å². The third-order valence-electron chi connectivity index (χ3n) is 6.61. The van der Waals surface area contributed by atoms with Crippen LogP contribution in [-0.4, -0.2) is 66.6 Å². The molecule has 8 nitrogen and oxygen atoms in total. The summed E-state index contributed by atoms with van der Waals surface area (Å²) < 4.78 is 51.7. The number of amides is 1. The summed E-state index contributed by atoms with van der Waals surface area (Å²) in [6.45, 7) is 8.31. The number of halogens is 2. The van der Waals surface area contributed by atoms with Crippen molar-refractivity contribution in [2.75, 3.05) is 20.3 Å². The largest absolute Gasteiger partial charge is 0.458 e. The number of ether oxygens (including phenoxy) is 4. The van der Waals surface area contributed by atoms with Gasteiger partial charge in [-0.05, 0) is 63.8 Å². The summed E-state index contributed by atoms with van der Waals surface area (Å²) in [4.78, 5) is 40.5. The molecule has 2 atom stereocenters. The summed E-state index contributed by atoms with van der Waals surface area (Å²) in [5.41, 5.74) is -0.403. The lowest BCUT2D eigenvalue weighted by molar-refractivity contribution is -0.172. The molecule has 0 unspecified atom stereocenters. The normalized spacial score (nSPS) is 15.1. The van der Waals surface area contributed by atoms with Crippen LogP contribution in [0.15, 0.2) is 54.6 Å². The number of nitrogens with zero attached hydrogens (tertiary/aromatic N) is 1. The fourth-order valence-electron chi connectivity index (χ4n) is 4.44. The number of esters is 2. The van der Waals surface area contributed by atoms with Gasteiger partial charge in [0.2, 0.25) is 6.10 Å². The number of benzene rings is 2. The molecule has 1 amide bonds. The summed E-state index contributed by atoms with van der Waals surface area (Å²) in [7, 11) is 1.30. The van der Waals surface area contributed by atoms with Gasteiger partial charge in [-0.25, -0.2) is 23.2 Å². The number of likely N-dealkylation sites (N-methyl/N-ethyl adjacent to an activating group) is 1. The minimum atomic E-state index is -1.87. The summed E-state index contributed by atoms with van der Waals surface area (Å²) in [6.07, 6.45) is -0.598. The number of carbonyl (C=O) groups excluding carboxylic acids is 3. The van der Waals surface area contributed by atoms with Gasteiger partial charge in [0.05, 0.1) is 13.2 Å². The van der Waals surface area contributed by atoms with Crippen LogP contribution in [0, 0.1) is 5.82 Å². The molecule has 43 heavy (non-hydrogen) atoms. The molecule has 0 radical (unpaired) electrons. The van der Waals surface area contributed by atoms with Gasteiger partial charge < -0.3 is 18.9 Å². The van der Waals surface area contributed by atoms with Crippen LogP contribution >= 0.6 is 0 Å². The Hall–Kier alpha value is -3.79. The Morgan fingerprint density at radius 3 is 2.28 bits per heavy atom. The Labute approximate surface area is 251 Å². The average Bonchev–Trinajstić information content (AvgIpc) is 2.93. The van der Waals surface area contributed by atoms with Crippen molar-refractivity contribution >= 4 is 23.6 Å². The lowest BCUT2D eigenvalue weighted by Gasteiger charge is -2.32. The maximum atomic E-state index is 15.2. The summed E-state index contributed by atoms with van der Waals surface area (Å²) in [5, 5.41) is 0. The average molecular weight is 602 g/mol. The minimum Gasteiger partial charge on any atom is -0.458 e. The van der Waals surface area contributed by atoms with Gasteiger partial charge >= 0.3 is 18.0 Å². The SMILES string of the molecule is CN(C(=O)OC(C)(C)C)[C@@H](CC(C)(C)F)C(=O)O[C@H](Cc1ccc(C2=CCOCC2)c(F)c1)C(=O)OCc1ccccc1. The van der Waals surface area contributed by atoms with E-state index in [-0.39, 0.29) is 13.0 Å². The second-order valence-electron chi connectivity index (χ2n) is 12.1. The molecule has 10 heteroatoms. The number of carbonyl (C=O) groups is 3. The van der Waals surface area contributed by atoms with Crippen LogP contribution in [0.3, 0.4) is 0 Å². The van der Waals surface area contributed by atoms with Crippen LogP contribution in [0.5, 0.6) is 0 Å². The monoisotopic (exact) mass is 601 g/mol. The lowest BCUT2D eigenvalue weighted by atomic mass is 9.97. The van der Waals surface area contributed by atoms with E-state index in [0.717, 1.165) is 10.5 Å². The molecule has 3 rings (SSSR count). The first kappa shape index (κ1) is 33.7. The molecular weight excluding hydrogens is 560 g/mol. The smallest absolute Gasteiger partial charge is 0.410 e. The van der Waals surface area contributed by atoms with Crippen molar-refractivity contribution in [2.24, 2.45) is 0 Å². The third-order valence-corrected chi connectivity index (χ3v) is 6.61. The maximum absolute atomic E-state index is 15.2. The van der Waals surface area contributed by atoms with Gasteiger partial charge in [0.25, 0.3) is 0 Å². The van der Waals surface area contributed by atoms with Crippen LogP contribution < -0.4 is 0 Å². The van der Waals surface area contributed by atoms with Crippen molar-refractivity contribution in [1.29, 1.82) is 0 Å². The van der Waals surface area contributed by atoms with Crippen LogP contribution in [0.4, 0.5) is 13.6 Å².